The average Bonchev–Trinajstić information content (AvgIpc) is 2.12. The molecule has 0 heterocycles. The van der Waals surface area contributed by atoms with Crippen molar-refractivity contribution in [3.05, 3.63) is 0 Å². The monoisotopic (exact) mass is 255 g/mol. The Morgan fingerprint density at radius 1 is 0.933 bits per heavy atom. The van der Waals surface area contributed by atoms with Crippen LogP contribution in [0.5, 0.6) is 0 Å². The minimum atomic E-state index is -0.835. The van der Waals surface area contributed by atoms with E-state index < -0.39 is 11.9 Å². The third-order valence-electron chi connectivity index (χ3n) is 0.966. The van der Waals surface area contributed by atoms with Gasteiger partial charge in [-0.1, -0.05) is 0 Å². The third kappa shape index (κ3) is 32.5. The van der Waals surface area contributed by atoms with Crippen molar-refractivity contribution in [3.8, 4) is 24.7 Å². The molecule has 0 saturated carbocycles. The molecule has 0 aromatic rings. The van der Waals surface area contributed by atoms with E-state index in [1.54, 1.807) is 0 Å². The Morgan fingerprint density at radius 2 is 1.20 bits per heavy atom. The molecule has 15 heavy (non-hydrogen) atoms. The molecule has 1 radical (unpaired) electrons. The van der Waals surface area contributed by atoms with E-state index in [0.29, 0.717) is 12.8 Å². The van der Waals surface area contributed by atoms with Crippen molar-refractivity contribution in [1.29, 1.82) is 0 Å². The van der Waals surface area contributed by atoms with Gasteiger partial charge in [-0.3, -0.25) is 9.59 Å². The predicted molar refractivity (Wildman–Crippen MR) is 51.4 cm³/mol. The van der Waals surface area contributed by atoms with E-state index in [1.165, 1.54) is 0 Å². The summed E-state index contributed by atoms with van der Waals surface area (Å²) < 4.78 is 0. The van der Waals surface area contributed by atoms with Gasteiger partial charge in [-0.25, -0.2) is 0 Å². The second-order valence-electron chi connectivity index (χ2n) is 2.20. The SMILES string of the molecule is C#CCCC(=O)O.C#CCCC(=O)O.[Co]. The molecular formula is C10H12CoO4. The van der Waals surface area contributed by atoms with Crippen molar-refractivity contribution in [3.63, 3.8) is 0 Å². The standard InChI is InChI=1S/2C5H6O2.Co/c2*1-2-3-4-5(6)7;/h2*1H,3-4H2,(H,6,7);. The van der Waals surface area contributed by atoms with E-state index in [4.69, 9.17) is 23.1 Å². The normalized spacial score (nSPS) is 6.80. The van der Waals surface area contributed by atoms with Gasteiger partial charge in [0, 0.05) is 29.6 Å². The van der Waals surface area contributed by atoms with E-state index >= 15 is 0 Å². The van der Waals surface area contributed by atoms with Crippen molar-refractivity contribution < 1.29 is 36.6 Å². The minimum Gasteiger partial charge on any atom is -0.481 e. The van der Waals surface area contributed by atoms with Gasteiger partial charge in [0.25, 0.3) is 0 Å². The summed E-state index contributed by atoms with van der Waals surface area (Å²) in [6, 6.07) is 0. The first-order chi connectivity index (χ1) is 6.54. The van der Waals surface area contributed by atoms with Crippen LogP contribution >= 0.6 is 0 Å². The van der Waals surface area contributed by atoms with Crippen LogP contribution in [0.2, 0.25) is 0 Å². The zero-order valence-electron chi connectivity index (χ0n) is 8.03. The first-order valence-electron chi connectivity index (χ1n) is 3.85. The molecule has 0 bridgehead atoms. The number of carbonyl (C=O) groups is 2. The van der Waals surface area contributed by atoms with E-state index in [-0.39, 0.29) is 29.6 Å². The van der Waals surface area contributed by atoms with Gasteiger partial charge in [-0.2, -0.15) is 0 Å². The fourth-order valence-corrected chi connectivity index (χ4v) is 0.358. The summed E-state index contributed by atoms with van der Waals surface area (Å²) in [6.45, 7) is 0. The van der Waals surface area contributed by atoms with Crippen LogP contribution in [-0.2, 0) is 26.4 Å². The van der Waals surface area contributed by atoms with Gasteiger partial charge in [0.2, 0.25) is 0 Å². The molecule has 4 nitrogen and oxygen atoms in total. The number of terminal acetylenes is 2. The molecule has 0 atom stereocenters. The van der Waals surface area contributed by atoms with Gasteiger partial charge in [0.05, 0.1) is 12.8 Å². The fourth-order valence-electron chi connectivity index (χ4n) is 0.358. The molecule has 0 unspecified atom stereocenters. The van der Waals surface area contributed by atoms with Crippen molar-refractivity contribution in [2.45, 2.75) is 25.7 Å². The summed E-state index contributed by atoms with van der Waals surface area (Å²) in [5.74, 6) is 2.77. The zero-order chi connectivity index (χ0) is 11.4. The molecule has 0 aliphatic carbocycles. The maximum atomic E-state index is 9.66. The van der Waals surface area contributed by atoms with Crippen molar-refractivity contribution in [2.75, 3.05) is 0 Å². The van der Waals surface area contributed by atoms with Gasteiger partial charge in [0.15, 0.2) is 0 Å². The Morgan fingerprint density at radius 3 is 1.27 bits per heavy atom. The van der Waals surface area contributed by atoms with Crippen LogP contribution in [0.4, 0.5) is 0 Å². The van der Waals surface area contributed by atoms with Crippen LogP contribution in [-0.4, -0.2) is 22.2 Å². The number of hydrogen-bond acceptors (Lipinski definition) is 2. The third-order valence-corrected chi connectivity index (χ3v) is 0.966. The van der Waals surface area contributed by atoms with Gasteiger partial charge in [-0.05, 0) is 0 Å². The molecule has 0 fully saturated rings. The first kappa shape index (κ1) is 19.2. The van der Waals surface area contributed by atoms with Crippen LogP contribution in [0.3, 0.4) is 0 Å². The summed E-state index contributed by atoms with van der Waals surface area (Å²) in [5.41, 5.74) is 0. The quantitative estimate of drug-likeness (QED) is 0.734. The number of rotatable bonds is 4. The Labute approximate surface area is 99.3 Å². The summed E-state index contributed by atoms with van der Waals surface area (Å²) in [6.07, 6.45) is 10.3. The molecule has 0 aliphatic rings. The van der Waals surface area contributed by atoms with Gasteiger partial charge < -0.3 is 10.2 Å². The Kier molecular flexibility index (Phi) is 19.3. The van der Waals surface area contributed by atoms with Crippen LogP contribution in [0, 0.1) is 24.7 Å². The maximum Gasteiger partial charge on any atom is 0.304 e. The summed E-state index contributed by atoms with van der Waals surface area (Å²) in [4.78, 5) is 19.3. The van der Waals surface area contributed by atoms with E-state index in [1.807, 2.05) is 0 Å². The molecule has 0 rings (SSSR count). The molecule has 0 aliphatic heterocycles. The fraction of sp³-hybridized carbons (Fsp3) is 0.400. The molecule has 0 amide bonds. The van der Waals surface area contributed by atoms with Gasteiger partial charge in [0.1, 0.15) is 0 Å². The second-order valence-corrected chi connectivity index (χ2v) is 2.20. The van der Waals surface area contributed by atoms with Crippen molar-refractivity contribution in [1.82, 2.24) is 0 Å². The predicted octanol–water partition coefficient (Wildman–Crippen LogP) is 0.966. The molecule has 0 aromatic carbocycles. The van der Waals surface area contributed by atoms with Crippen LogP contribution in [0.25, 0.3) is 0 Å². The largest absolute Gasteiger partial charge is 0.481 e. The average molecular weight is 255 g/mol. The number of hydrogen-bond donors (Lipinski definition) is 2. The van der Waals surface area contributed by atoms with Gasteiger partial charge in [-0.15, -0.1) is 24.7 Å². The summed E-state index contributed by atoms with van der Waals surface area (Å²) in [5, 5.41) is 15.9. The number of carboxylic acid groups (broad SMARTS) is 2. The van der Waals surface area contributed by atoms with E-state index in [2.05, 4.69) is 11.8 Å². The van der Waals surface area contributed by atoms with Crippen molar-refractivity contribution in [2.24, 2.45) is 0 Å². The topological polar surface area (TPSA) is 74.6 Å². The van der Waals surface area contributed by atoms with Gasteiger partial charge >= 0.3 is 11.9 Å². The van der Waals surface area contributed by atoms with E-state index in [9.17, 15) is 9.59 Å². The van der Waals surface area contributed by atoms with Crippen LogP contribution < -0.4 is 0 Å². The maximum absolute atomic E-state index is 9.66. The Hall–Kier alpha value is -1.43. The minimum absolute atomic E-state index is 0. The first-order valence-corrected chi connectivity index (χ1v) is 3.85. The summed E-state index contributed by atoms with van der Waals surface area (Å²) >= 11 is 0. The van der Waals surface area contributed by atoms with Crippen molar-refractivity contribution >= 4 is 11.9 Å². The Bertz CT molecular complexity index is 232. The smallest absolute Gasteiger partial charge is 0.304 e. The molecule has 0 aromatic heterocycles. The molecule has 0 spiro atoms. The molecule has 2 N–H and O–H groups in total. The number of aliphatic carboxylic acids is 2. The molecule has 85 valence electrons. The molecular weight excluding hydrogens is 243 g/mol. The van der Waals surface area contributed by atoms with Crippen LogP contribution in [0.15, 0.2) is 0 Å². The van der Waals surface area contributed by atoms with E-state index in [0.717, 1.165) is 0 Å². The molecule has 0 saturated heterocycles. The zero-order valence-corrected chi connectivity index (χ0v) is 9.07. The molecule has 5 heteroatoms. The number of carboxylic acids is 2. The summed E-state index contributed by atoms with van der Waals surface area (Å²) in [7, 11) is 0. The van der Waals surface area contributed by atoms with Crippen LogP contribution in [0.1, 0.15) is 25.7 Å². The second kappa shape index (κ2) is 15.1. The Balaban J connectivity index is -0.000000180.